The number of rotatable bonds is 6. The summed E-state index contributed by atoms with van der Waals surface area (Å²) in [5.41, 5.74) is -0.285. The molecule has 0 unspecified atom stereocenters. The van der Waals surface area contributed by atoms with Crippen LogP contribution in [0.4, 0.5) is 0 Å². The Kier molecular flexibility index (Phi) is 10.9. The fourth-order valence-electron chi connectivity index (χ4n) is 13.3. The number of hydrogen-bond acceptors (Lipinski definition) is 15. The first kappa shape index (κ1) is 40.2. The Labute approximate surface area is 316 Å². The van der Waals surface area contributed by atoms with E-state index in [2.05, 4.69) is 27.7 Å². The molecular formula is C39H64O15. The highest BCUT2D eigenvalue weighted by Crippen LogP contribution is 2.71. The lowest BCUT2D eigenvalue weighted by Gasteiger charge is -2.63. The maximum absolute atomic E-state index is 11.9. The van der Waals surface area contributed by atoms with E-state index in [1.807, 2.05) is 0 Å². The summed E-state index contributed by atoms with van der Waals surface area (Å²) in [4.78, 5) is 0. The summed E-state index contributed by atoms with van der Waals surface area (Å²) in [5, 5.41) is 96.4. The van der Waals surface area contributed by atoms with Crippen LogP contribution in [0.2, 0.25) is 0 Å². The molecule has 4 saturated carbocycles. The molecule has 4 heterocycles. The smallest absolute Gasteiger partial charge is 0.187 e. The predicted octanol–water partition coefficient (Wildman–Crippen LogP) is -0.616. The lowest BCUT2D eigenvalue weighted by molar-refractivity contribution is -0.367. The monoisotopic (exact) mass is 772 g/mol. The van der Waals surface area contributed by atoms with Crippen LogP contribution in [0.25, 0.3) is 0 Å². The van der Waals surface area contributed by atoms with Crippen LogP contribution in [0.3, 0.4) is 0 Å². The van der Waals surface area contributed by atoms with Gasteiger partial charge in [-0.15, -0.1) is 0 Å². The Hall–Kier alpha value is -0.600. The second kappa shape index (κ2) is 14.6. The van der Waals surface area contributed by atoms with Gasteiger partial charge in [-0.1, -0.05) is 27.7 Å². The van der Waals surface area contributed by atoms with Gasteiger partial charge in [0, 0.05) is 12.3 Å². The largest absolute Gasteiger partial charge is 0.394 e. The first-order valence-electron chi connectivity index (χ1n) is 20.5. The summed E-state index contributed by atoms with van der Waals surface area (Å²) >= 11 is 0. The highest BCUT2D eigenvalue weighted by Gasteiger charge is 2.70. The minimum absolute atomic E-state index is 0.0753. The average molecular weight is 773 g/mol. The van der Waals surface area contributed by atoms with Gasteiger partial charge in [-0.3, -0.25) is 0 Å². The molecule has 8 fully saturated rings. The van der Waals surface area contributed by atoms with Crippen molar-refractivity contribution in [3.8, 4) is 0 Å². The van der Waals surface area contributed by atoms with Gasteiger partial charge in [-0.25, -0.2) is 0 Å². The van der Waals surface area contributed by atoms with Crippen molar-refractivity contribution in [1.29, 1.82) is 0 Å². The number of aliphatic hydroxyl groups excluding tert-OH is 9. The van der Waals surface area contributed by atoms with E-state index < -0.39 is 98.7 Å². The van der Waals surface area contributed by atoms with Gasteiger partial charge in [0.2, 0.25) is 0 Å². The fraction of sp³-hybridized carbons (Fsp3) is 1.00. The molecule has 8 aliphatic rings. The molecule has 15 heteroatoms. The Morgan fingerprint density at radius 3 is 2.04 bits per heavy atom. The molecule has 0 amide bonds. The zero-order valence-corrected chi connectivity index (χ0v) is 31.9. The molecule has 1 spiro atoms. The Bertz CT molecular complexity index is 1330. The summed E-state index contributed by atoms with van der Waals surface area (Å²) < 4.78 is 36.6. The molecule has 24 atom stereocenters. The third kappa shape index (κ3) is 6.18. The lowest BCUT2D eigenvalue weighted by Crippen LogP contribution is -2.65. The number of ether oxygens (including phenoxy) is 6. The van der Waals surface area contributed by atoms with Gasteiger partial charge in [-0.2, -0.15) is 0 Å². The zero-order chi connectivity index (χ0) is 38.6. The maximum atomic E-state index is 11.9. The standard InChI is InChI=1S/C39H64O15/c1-16-5-8-39(49-15-16)17(2)28-25(54-39)10-20-18-9-22(42)21-11-24(23(43)12-38(21,4)19(18)6-7-37(20,28)3)50-35-33(48)31(46)34(27(14-41)52-35)53-36-32(47)30(45)29(44)26(13-40)51-36/h16-36,40-48H,5-15H2,1-4H3/t16-,17-,18+,19+,20-,21+,22-,23-,24-,25-,26+,27+,28-,29+,30-,31+,32+,33+,34+,35+,36-,37+,38-,39+/m1/s1. The third-order valence-corrected chi connectivity index (χ3v) is 16.2. The first-order chi connectivity index (χ1) is 25.6. The van der Waals surface area contributed by atoms with Crippen LogP contribution in [0.15, 0.2) is 0 Å². The van der Waals surface area contributed by atoms with Crippen molar-refractivity contribution in [2.24, 2.45) is 52.3 Å². The van der Waals surface area contributed by atoms with Gasteiger partial charge < -0.3 is 74.4 Å². The summed E-state index contributed by atoms with van der Waals surface area (Å²) in [6.45, 7) is 8.57. The average Bonchev–Trinajstić information content (AvgIpc) is 3.59. The minimum Gasteiger partial charge on any atom is -0.394 e. The maximum Gasteiger partial charge on any atom is 0.187 e. The van der Waals surface area contributed by atoms with Crippen molar-refractivity contribution in [2.75, 3.05) is 19.8 Å². The number of fused-ring (bicyclic) bond motifs is 7. The van der Waals surface area contributed by atoms with Crippen molar-refractivity contribution < 1.29 is 74.4 Å². The van der Waals surface area contributed by atoms with E-state index in [9.17, 15) is 46.0 Å². The van der Waals surface area contributed by atoms with Crippen LogP contribution in [0.1, 0.15) is 79.1 Å². The molecule has 4 aliphatic heterocycles. The van der Waals surface area contributed by atoms with E-state index in [-0.39, 0.29) is 22.9 Å². The Morgan fingerprint density at radius 2 is 1.35 bits per heavy atom. The summed E-state index contributed by atoms with van der Waals surface area (Å²) in [6, 6.07) is 0. The Morgan fingerprint density at radius 1 is 0.667 bits per heavy atom. The van der Waals surface area contributed by atoms with Gasteiger partial charge in [0.05, 0.1) is 44.2 Å². The summed E-state index contributed by atoms with van der Waals surface area (Å²) in [6.07, 6.45) is -11.6. The number of hydrogen-bond donors (Lipinski definition) is 9. The van der Waals surface area contributed by atoms with Crippen LogP contribution in [-0.4, -0.2) is 157 Å². The molecule has 8 rings (SSSR count). The van der Waals surface area contributed by atoms with E-state index >= 15 is 0 Å². The molecule has 4 aliphatic carbocycles. The van der Waals surface area contributed by atoms with Gasteiger partial charge >= 0.3 is 0 Å². The van der Waals surface area contributed by atoms with Gasteiger partial charge in [0.15, 0.2) is 18.4 Å². The molecule has 0 aromatic carbocycles. The van der Waals surface area contributed by atoms with E-state index in [1.54, 1.807) is 0 Å². The summed E-state index contributed by atoms with van der Waals surface area (Å²) in [7, 11) is 0. The van der Waals surface area contributed by atoms with Crippen LogP contribution < -0.4 is 0 Å². The van der Waals surface area contributed by atoms with E-state index in [0.29, 0.717) is 54.8 Å². The van der Waals surface area contributed by atoms with Gasteiger partial charge in [0.1, 0.15) is 48.8 Å². The van der Waals surface area contributed by atoms with Crippen LogP contribution in [-0.2, 0) is 28.4 Å². The van der Waals surface area contributed by atoms with Crippen molar-refractivity contribution >= 4 is 0 Å². The second-order valence-electron chi connectivity index (χ2n) is 19.0. The third-order valence-electron chi connectivity index (χ3n) is 16.2. The SMILES string of the molecule is C[C@@H]1CC[C@]2(OC1)O[C@@H]1C[C@@H]3[C@H]4C[C@@H](O)[C@@H]5C[C@@H](O[C@H]6O[C@@H](CO)[C@H](O[C@H]7O[C@@H](CO)[C@H](O)[C@@H](O)[C@@H]7O)[C@@H](O)[C@@H]6O)[C@H](O)C[C@]5(C)[C@H]4CC[C@]3(C)[C@@H]1[C@H]2C. The molecule has 0 aromatic rings. The van der Waals surface area contributed by atoms with Crippen molar-refractivity contribution in [3.05, 3.63) is 0 Å². The fourth-order valence-corrected chi connectivity index (χ4v) is 13.3. The molecule has 15 nitrogen and oxygen atoms in total. The summed E-state index contributed by atoms with van der Waals surface area (Å²) in [5.74, 6) is 1.55. The van der Waals surface area contributed by atoms with E-state index in [4.69, 9.17) is 28.4 Å². The van der Waals surface area contributed by atoms with Crippen LogP contribution >= 0.6 is 0 Å². The van der Waals surface area contributed by atoms with Crippen molar-refractivity contribution in [1.82, 2.24) is 0 Å². The second-order valence-corrected chi connectivity index (χ2v) is 19.0. The topological polar surface area (TPSA) is 237 Å². The Balaban J connectivity index is 0.931. The predicted molar refractivity (Wildman–Crippen MR) is 186 cm³/mol. The molecule has 0 radical (unpaired) electrons. The van der Waals surface area contributed by atoms with Gasteiger partial charge in [0.25, 0.3) is 0 Å². The molecule has 4 saturated heterocycles. The highest BCUT2D eigenvalue weighted by molar-refractivity contribution is 5.17. The zero-order valence-electron chi connectivity index (χ0n) is 31.9. The quantitative estimate of drug-likeness (QED) is 0.153. The molecular weight excluding hydrogens is 708 g/mol. The molecule has 9 N–H and O–H groups in total. The van der Waals surface area contributed by atoms with Gasteiger partial charge in [-0.05, 0) is 91.3 Å². The normalized spacial score (nSPS) is 60.1. The molecule has 0 aromatic heterocycles. The first-order valence-corrected chi connectivity index (χ1v) is 20.5. The molecule has 54 heavy (non-hydrogen) atoms. The number of aliphatic hydroxyl groups is 9. The van der Waals surface area contributed by atoms with Crippen molar-refractivity contribution in [3.63, 3.8) is 0 Å². The highest BCUT2D eigenvalue weighted by atomic mass is 16.7. The molecule has 310 valence electrons. The van der Waals surface area contributed by atoms with Crippen LogP contribution in [0, 0.1) is 52.3 Å². The molecule has 0 bridgehead atoms. The van der Waals surface area contributed by atoms with Crippen LogP contribution in [0.5, 0.6) is 0 Å². The van der Waals surface area contributed by atoms with E-state index in [0.717, 1.165) is 38.7 Å². The minimum atomic E-state index is -1.77. The lowest BCUT2D eigenvalue weighted by atomic mass is 9.43. The van der Waals surface area contributed by atoms with Crippen molar-refractivity contribution in [2.45, 2.75) is 171 Å². The van der Waals surface area contributed by atoms with E-state index in [1.165, 1.54) is 0 Å².